The zero-order valence-corrected chi connectivity index (χ0v) is 15.2. The highest BCUT2D eigenvalue weighted by molar-refractivity contribution is 5.85. The number of aryl methyl sites for hydroxylation is 3. The highest BCUT2D eigenvalue weighted by Crippen LogP contribution is 2.25. The van der Waals surface area contributed by atoms with E-state index in [2.05, 4.69) is 78.5 Å². The van der Waals surface area contributed by atoms with E-state index in [9.17, 15) is 0 Å². The van der Waals surface area contributed by atoms with Crippen molar-refractivity contribution in [1.82, 2.24) is 9.97 Å². The number of hydrogen-bond donors (Lipinski definition) is 1. The Balaban J connectivity index is 0.00000208. The number of hydrogen-bond acceptors (Lipinski definition) is 3. The molecule has 0 atom stereocenters. The van der Waals surface area contributed by atoms with Gasteiger partial charge in [-0.1, -0.05) is 42.0 Å². The van der Waals surface area contributed by atoms with Crippen LogP contribution in [0.4, 0.5) is 11.5 Å². The van der Waals surface area contributed by atoms with Gasteiger partial charge >= 0.3 is 0 Å². The fraction of sp³-hybridized carbons (Fsp3) is 0.200. The van der Waals surface area contributed by atoms with E-state index >= 15 is 0 Å². The third-order valence-electron chi connectivity index (χ3n) is 4.05. The molecule has 0 bridgehead atoms. The molecule has 0 saturated carbocycles. The zero-order chi connectivity index (χ0) is 16.4. The minimum Gasteiger partial charge on any atom is -0.340 e. The summed E-state index contributed by atoms with van der Waals surface area (Å²) in [6, 6.07) is 16.6. The molecule has 2 aromatic carbocycles. The first-order chi connectivity index (χ1) is 11.0. The van der Waals surface area contributed by atoms with Crippen LogP contribution in [0.1, 0.15) is 22.5 Å². The van der Waals surface area contributed by atoms with Gasteiger partial charge in [0.2, 0.25) is 0 Å². The normalized spacial score (nSPS) is 10.2. The third kappa shape index (κ3) is 3.92. The van der Waals surface area contributed by atoms with Gasteiger partial charge in [0.25, 0.3) is 0 Å². The van der Waals surface area contributed by atoms with Gasteiger partial charge in [0, 0.05) is 17.3 Å². The summed E-state index contributed by atoms with van der Waals surface area (Å²) in [5.74, 6) is 1.58. The molecule has 3 aromatic rings. The maximum absolute atomic E-state index is 4.56. The molecular formula is C20H22ClN3. The minimum absolute atomic E-state index is 0. The maximum atomic E-state index is 4.56. The predicted octanol–water partition coefficient (Wildman–Crippen LogP) is 5.54. The van der Waals surface area contributed by atoms with Gasteiger partial charge in [0.05, 0.1) is 5.69 Å². The van der Waals surface area contributed by atoms with Crippen LogP contribution in [0, 0.1) is 27.7 Å². The molecule has 0 aliphatic rings. The Morgan fingerprint density at radius 3 is 2.25 bits per heavy atom. The number of nitrogens with one attached hydrogen (secondary N) is 1. The quantitative estimate of drug-likeness (QED) is 0.680. The van der Waals surface area contributed by atoms with Gasteiger partial charge in [0.1, 0.15) is 11.6 Å². The molecule has 0 unspecified atom stereocenters. The van der Waals surface area contributed by atoms with Gasteiger partial charge in [-0.25, -0.2) is 9.97 Å². The lowest BCUT2D eigenvalue weighted by molar-refractivity contribution is 1.06. The number of rotatable bonds is 3. The molecule has 1 aromatic heterocycles. The fourth-order valence-electron chi connectivity index (χ4n) is 2.53. The van der Waals surface area contributed by atoms with Crippen LogP contribution in [0.15, 0.2) is 48.5 Å². The van der Waals surface area contributed by atoms with Crippen LogP contribution >= 0.6 is 12.4 Å². The van der Waals surface area contributed by atoms with Gasteiger partial charge in [0.15, 0.2) is 0 Å². The van der Waals surface area contributed by atoms with Crippen molar-refractivity contribution in [1.29, 1.82) is 0 Å². The predicted molar refractivity (Wildman–Crippen MR) is 103 cm³/mol. The van der Waals surface area contributed by atoms with Crippen LogP contribution in [0.5, 0.6) is 0 Å². The van der Waals surface area contributed by atoms with E-state index in [1.807, 2.05) is 13.0 Å². The van der Waals surface area contributed by atoms with E-state index < -0.39 is 0 Å². The summed E-state index contributed by atoms with van der Waals surface area (Å²) in [5.41, 5.74) is 6.86. The lowest BCUT2D eigenvalue weighted by atomic mass is 10.1. The lowest BCUT2D eigenvalue weighted by Gasteiger charge is -2.12. The molecule has 124 valence electrons. The van der Waals surface area contributed by atoms with Crippen molar-refractivity contribution in [3.05, 3.63) is 71.0 Å². The smallest absolute Gasteiger partial charge is 0.134 e. The Labute approximate surface area is 149 Å². The number of anilines is 2. The highest BCUT2D eigenvalue weighted by Gasteiger charge is 2.07. The number of aromatic nitrogens is 2. The summed E-state index contributed by atoms with van der Waals surface area (Å²) in [6.45, 7) is 8.24. The Morgan fingerprint density at radius 1 is 0.833 bits per heavy atom. The number of halogens is 1. The molecule has 3 nitrogen and oxygen atoms in total. The van der Waals surface area contributed by atoms with Crippen molar-refractivity contribution in [3.8, 4) is 11.3 Å². The van der Waals surface area contributed by atoms with Crippen molar-refractivity contribution >= 4 is 23.9 Å². The Bertz CT molecular complexity index is 842. The molecule has 0 radical (unpaired) electrons. The zero-order valence-electron chi connectivity index (χ0n) is 14.4. The van der Waals surface area contributed by atoms with Crippen molar-refractivity contribution in [2.45, 2.75) is 27.7 Å². The average Bonchev–Trinajstić information content (AvgIpc) is 2.52. The van der Waals surface area contributed by atoms with Crippen LogP contribution in [-0.2, 0) is 0 Å². The van der Waals surface area contributed by atoms with E-state index in [0.29, 0.717) is 0 Å². The molecule has 24 heavy (non-hydrogen) atoms. The van der Waals surface area contributed by atoms with E-state index in [-0.39, 0.29) is 12.4 Å². The Morgan fingerprint density at radius 2 is 1.54 bits per heavy atom. The standard InChI is InChI=1S/C20H21N3.ClH/c1-13-8-10-17(11-9-13)19-12-20(22-16(4)21-19)23-18-7-5-6-14(2)15(18)3;/h5-12H,1-4H3,(H,21,22,23);1H. The third-order valence-corrected chi connectivity index (χ3v) is 4.05. The largest absolute Gasteiger partial charge is 0.340 e. The van der Waals surface area contributed by atoms with Crippen LogP contribution < -0.4 is 5.32 Å². The minimum atomic E-state index is 0. The number of nitrogens with zero attached hydrogens (tertiary/aromatic N) is 2. The van der Waals surface area contributed by atoms with Gasteiger partial charge in [-0.15, -0.1) is 12.4 Å². The molecule has 3 rings (SSSR count). The molecule has 0 fully saturated rings. The van der Waals surface area contributed by atoms with Crippen molar-refractivity contribution in [2.75, 3.05) is 5.32 Å². The molecule has 0 amide bonds. The molecule has 0 aliphatic carbocycles. The van der Waals surface area contributed by atoms with Crippen LogP contribution in [0.3, 0.4) is 0 Å². The summed E-state index contributed by atoms with van der Waals surface area (Å²) in [6.07, 6.45) is 0. The first-order valence-electron chi connectivity index (χ1n) is 7.79. The summed E-state index contributed by atoms with van der Waals surface area (Å²) >= 11 is 0. The van der Waals surface area contributed by atoms with Crippen LogP contribution in [-0.4, -0.2) is 9.97 Å². The Hall–Kier alpha value is -2.39. The van der Waals surface area contributed by atoms with Gasteiger partial charge in [-0.05, 0) is 44.9 Å². The van der Waals surface area contributed by atoms with Crippen LogP contribution in [0.2, 0.25) is 0 Å². The summed E-state index contributed by atoms with van der Waals surface area (Å²) in [4.78, 5) is 9.08. The molecular weight excluding hydrogens is 318 g/mol. The topological polar surface area (TPSA) is 37.8 Å². The van der Waals surface area contributed by atoms with Crippen molar-refractivity contribution in [3.63, 3.8) is 0 Å². The number of benzene rings is 2. The van der Waals surface area contributed by atoms with E-state index in [4.69, 9.17) is 0 Å². The lowest BCUT2D eigenvalue weighted by Crippen LogP contribution is -2.00. The van der Waals surface area contributed by atoms with E-state index in [0.717, 1.165) is 28.6 Å². The second-order valence-corrected chi connectivity index (χ2v) is 5.92. The monoisotopic (exact) mass is 339 g/mol. The van der Waals surface area contributed by atoms with Gasteiger partial charge in [-0.3, -0.25) is 0 Å². The van der Waals surface area contributed by atoms with Crippen molar-refractivity contribution in [2.24, 2.45) is 0 Å². The maximum Gasteiger partial charge on any atom is 0.134 e. The second-order valence-electron chi connectivity index (χ2n) is 5.92. The highest BCUT2D eigenvalue weighted by atomic mass is 35.5. The summed E-state index contributed by atoms with van der Waals surface area (Å²) in [5, 5.41) is 3.42. The Kier molecular flexibility index (Phi) is 5.58. The molecule has 0 spiro atoms. The van der Waals surface area contributed by atoms with E-state index in [1.165, 1.54) is 16.7 Å². The van der Waals surface area contributed by atoms with Crippen molar-refractivity contribution < 1.29 is 0 Å². The van der Waals surface area contributed by atoms with Gasteiger partial charge < -0.3 is 5.32 Å². The fourth-order valence-corrected chi connectivity index (χ4v) is 2.53. The first-order valence-corrected chi connectivity index (χ1v) is 7.79. The average molecular weight is 340 g/mol. The molecule has 0 aliphatic heterocycles. The molecule has 4 heteroatoms. The molecule has 1 N–H and O–H groups in total. The molecule has 0 saturated heterocycles. The second kappa shape index (κ2) is 7.45. The summed E-state index contributed by atoms with van der Waals surface area (Å²) < 4.78 is 0. The summed E-state index contributed by atoms with van der Waals surface area (Å²) in [7, 11) is 0. The van der Waals surface area contributed by atoms with Gasteiger partial charge in [-0.2, -0.15) is 0 Å². The first kappa shape index (κ1) is 18.0. The SMILES string of the molecule is Cc1ccc(-c2cc(Nc3cccc(C)c3C)nc(C)n2)cc1.Cl. The molecule has 1 heterocycles. The van der Waals surface area contributed by atoms with E-state index in [1.54, 1.807) is 0 Å². The van der Waals surface area contributed by atoms with Crippen LogP contribution in [0.25, 0.3) is 11.3 Å².